The second-order valence-electron chi connectivity index (χ2n) is 6.82. The molecule has 0 bridgehead atoms. The van der Waals surface area contributed by atoms with E-state index in [1.54, 1.807) is 38.3 Å². The maximum Gasteiger partial charge on any atom is 0.260 e. The van der Waals surface area contributed by atoms with Gasteiger partial charge < -0.3 is 9.15 Å². The minimum Gasteiger partial charge on any atom is -0.494 e. The summed E-state index contributed by atoms with van der Waals surface area (Å²) in [6.45, 7) is 1.71. The Hall–Kier alpha value is -2.88. The largest absolute Gasteiger partial charge is 0.494 e. The molecule has 0 spiro atoms. The molecule has 10 heteroatoms. The highest BCUT2D eigenvalue weighted by molar-refractivity contribution is 7.91. The Bertz CT molecular complexity index is 1360. The topological polar surface area (TPSA) is 89.7 Å². The first-order valence-electron chi connectivity index (χ1n) is 9.64. The van der Waals surface area contributed by atoms with E-state index in [2.05, 4.69) is 4.98 Å². The highest BCUT2D eigenvalue weighted by Crippen LogP contribution is 2.39. The van der Waals surface area contributed by atoms with Gasteiger partial charge in [-0.15, -0.1) is 0 Å². The number of ether oxygens (including phenoxy) is 1. The van der Waals surface area contributed by atoms with E-state index in [9.17, 15) is 13.2 Å². The van der Waals surface area contributed by atoms with Crippen molar-refractivity contribution in [3.63, 3.8) is 0 Å². The molecule has 0 aliphatic rings. The van der Waals surface area contributed by atoms with Gasteiger partial charge in [0.05, 0.1) is 40.3 Å². The van der Waals surface area contributed by atoms with Gasteiger partial charge in [-0.05, 0) is 48.5 Å². The smallest absolute Gasteiger partial charge is 0.260 e. The fourth-order valence-electron chi connectivity index (χ4n) is 3.13. The van der Waals surface area contributed by atoms with Gasteiger partial charge in [0.25, 0.3) is 5.91 Å². The van der Waals surface area contributed by atoms with E-state index in [1.165, 1.54) is 46.8 Å². The number of amides is 1. The van der Waals surface area contributed by atoms with Crippen molar-refractivity contribution < 1.29 is 22.4 Å². The zero-order chi connectivity index (χ0) is 22.9. The molecule has 0 saturated carbocycles. The standard InChI is InChI=1S/C22H19ClN2O5S2/c1-3-32(27,28)16-8-6-14(7-9-16)21(26)25(13-15-5-4-12-30-15)22-24-19-18(29-2)11-10-17(23)20(19)31-22/h4-12H,3,13H2,1-2H3. The van der Waals surface area contributed by atoms with Gasteiger partial charge in [0.1, 0.15) is 17.0 Å². The molecular weight excluding hydrogens is 472 g/mol. The van der Waals surface area contributed by atoms with Crippen molar-refractivity contribution in [3.05, 3.63) is 71.1 Å². The highest BCUT2D eigenvalue weighted by atomic mass is 35.5. The van der Waals surface area contributed by atoms with Crippen molar-refractivity contribution in [3.8, 4) is 5.75 Å². The number of fused-ring (bicyclic) bond motifs is 1. The van der Waals surface area contributed by atoms with Gasteiger partial charge >= 0.3 is 0 Å². The lowest BCUT2D eigenvalue weighted by molar-refractivity contribution is 0.0983. The molecular formula is C22H19ClN2O5S2. The number of carbonyl (C=O) groups excluding carboxylic acids is 1. The Balaban J connectivity index is 1.77. The van der Waals surface area contributed by atoms with E-state index in [0.29, 0.717) is 37.4 Å². The second kappa shape index (κ2) is 8.93. The molecule has 0 atom stereocenters. The number of rotatable bonds is 7. The molecule has 0 aliphatic carbocycles. The second-order valence-corrected chi connectivity index (χ2v) is 10.5. The average molecular weight is 491 g/mol. The molecule has 0 saturated heterocycles. The molecule has 4 aromatic rings. The van der Waals surface area contributed by atoms with Crippen LogP contribution in [0.4, 0.5) is 5.13 Å². The first-order valence-corrected chi connectivity index (χ1v) is 12.5. The number of carbonyl (C=O) groups is 1. The zero-order valence-corrected chi connectivity index (χ0v) is 19.6. The molecule has 32 heavy (non-hydrogen) atoms. The van der Waals surface area contributed by atoms with E-state index >= 15 is 0 Å². The van der Waals surface area contributed by atoms with Crippen LogP contribution in [-0.4, -0.2) is 32.2 Å². The van der Waals surface area contributed by atoms with Crippen molar-refractivity contribution in [2.24, 2.45) is 0 Å². The Kier molecular flexibility index (Phi) is 6.23. The quantitative estimate of drug-likeness (QED) is 0.354. The Morgan fingerprint density at radius 2 is 1.94 bits per heavy atom. The monoisotopic (exact) mass is 490 g/mol. The van der Waals surface area contributed by atoms with Crippen LogP contribution in [0.3, 0.4) is 0 Å². The van der Waals surface area contributed by atoms with Crippen molar-refractivity contribution in [2.75, 3.05) is 17.8 Å². The summed E-state index contributed by atoms with van der Waals surface area (Å²) in [5, 5.41) is 0.919. The van der Waals surface area contributed by atoms with Crippen LogP contribution < -0.4 is 9.64 Å². The molecule has 7 nitrogen and oxygen atoms in total. The predicted molar refractivity (Wildman–Crippen MR) is 125 cm³/mol. The van der Waals surface area contributed by atoms with Crippen molar-refractivity contribution in [1.82, 2.24) is 4.98 Å². The molecule has 1 amide bonds. The van der Waals surface area contributed by atoms with Crippen LogP contribution in [0.2, 0.25) is 5.02 Å². The third-order valence-corrected chi connectivity index (χ3v) is 8.17. The van der Waals surface area contributed by atoms with Crippen molar-refractivity contribution in [2.45, 2.75) is 18.4 Å². The zero-order valence-electron chi connectivity index (χ0n) is 17.2. The van der Waals surface area contributed by atoms with E-state index in [0.717, 1.165) is 0 Å². The van der Waals surface area contributed by atoms with Crippen molar-refractivity contribution in [1.29, 1.82) is 0 Å². The first kappa shape index (κ1) is 22.3. The summed E-state index contributed by atoms with van der Waals surface area (Å²) in [5.74, 6) is 0.752. The maximum atomic E-state index is 13.5. The normalized spacial score (nSPS) is 11.6. The lowest BCUT2D eigenvalue weighted by Gasteiger charge is -2.19. The van der Waals surface area contributed by atoms with E-state index in [-0.39, 0.29) is 23.1 Å². The molecule has 0 unspecified atom stereocenters. The van der Waals surface area contributed by atoms with Crippen LogP contribution in [-0.2, 0) is 16.4 Å². The molecule has 2 aromatic heterocycles. The summed E-state index contributed by atoms with van der Waals surface area (Å²) in [4.78, 5) is 19.7. The number of halogens is 1. The minimum atomic E-state index is -3.36. The fraction of sp³-hybridized carbons (Fsp3) is 0.182. The van der Waals surface area contributed by atoms with Gasteiger partial charge in [-0.3, -0.25) is 9.69 Å². The minimum absolute atomic E-state index is 0.0147. The number of anilines is 1. The molecule has 0 N–H and O–H groups in total. The highest BCUT2D eigenvalue weighted by Gasteiger charge is 2.25. The number of benzene rings is 2. The molecule has 2 aromatic carbocycles. The van der Waals surface area contributed by atoms with Gasteiger partial charge in [-0.1, -0.05) is 29.9 Å². The Labute approximate surface area is 194 Å². The van der Waals surface area contributed by atoms with Gasteiger partial charge in [-0.25, -0.2) is 13.4 Å². The van der Waals surface area contributed by atoms with Gasteiger partial charge in [-0.2, -0.15) is 0 Å². The number of furan rings is 1. The lowest BCUT2D eigenvalue weighted by atomic mass is 10.2. The summed E-state index contributed by atoms with van der Waals surface area (Å²) in [7, 11) is -1.82. The van der Waals surface area contributed by atoms with Crippen molar-refractivity contribution >= 4 is 54.0 Å². The molecule has 0 fully saturated rings. The number of hydrogen-bond acceptors (Lipinski definition) is 7. The summed E-state index contributed by atoms with van der Waals surface area (Å²) in [6, 6.07) is 12.8. The third kappa shape index (κ3) is 4.23. The van der Waals surface area contributed by atoms with Gasteiger partial charge in [0.2, 0.25) is 0 Å². The van der Waals surface area contributed by atoms with E-state index in [4.69, 9.17) is 20.8 Å². The lowest BCUT2D eigenvalue weighted by Crippen LogP contribution is -2.30. The summed E-state index contributed by atoms with van der Waals surface area (Å²) >= 11 is 7.62. The Morgan fingerprint density at radius 1 is 1.19 bits per heavy atom. The van der Waals surface area contributed by atoms with E-state index < -0.39 is 9.84 Å². The van der Waals surface area contributed by atoms with Crippen LogP contribution in [0.1, 0.15) is 23.0 Å². The van der Waals surface area contributed by atoms with E-state index in [1.807, 2.05) is 0 Å². The average Bonchev–Trinajstić information content (AvgIpc) is 3.48. The first-order chi connectivity index (χ1) is 15.3. The summed E-state index contributed by atoms with van der Waals surface area (Å²) in [6.07, 6.45) is 1.53. The summed E-state index contributed by atoms with van der Waals surface area (Å²) < 4.78 is 35.7. The van der Waals surface area contributed by atoms with Gasteiger partial charge in [0, 0.05) is 5.56 Å². The van der Waals surface area contributed by atoms with Crippen LogP contribution >= 0.6 is 22.9 Å². The molecule has 2 heterocycles. The number of methoxy groups -OCH3 is 1. The fourth-order valence-corrected chi connectivity index (χ4v) is 5.27. The SMILES string of the molecule is CCS(=O)(=O)c1ccc(C(=O)N(Cc2ccco2)c2nc3c(OC)ccc(Cl)c3s2)cc1. The molecule has 0 aliphatic heterocycles. The Morgan fingerprint density at radius 3 is 2.56 bits per heavy atom. The van der Waals surface area contributed by atoms with Crippen LogP contribution in [0.15, 0.2) is 64.1 Å². The third-order valence-electron chi connectivity index (χ3n) is 4.88. The molecule has 166 valence electrons. The number of thiazole rings is 1. The molecule has 0 radical (unpaired) electrons. The van der Waals surface area contributed by atoms with Crippen LogP contribution in [0, 0.1) is 0 Å². The number of sulfone groups is 1. The maximum absolute atomic E-state index is 13.5. The van der Waals surface area contributed by atoms with Crippen LogP contribution in [0.5, 0.6) is 5.75 Å². The summed E-state index contributed by atoms with van der Waals surface area (Å²) in [5.41, 5.74) is 0.880. The number of aromatic nitrogens is 1. The molecule has 4 rings (SSSR count). The number of hydrogen-bond donors (Lipinski definition) is 0. The van der Waals surface area contributed by atoms with Gasteiger partial charge in [0.15, 0.2) is 15.0 Å². The predicted octanol–water partition coefficient (Wildman–Crippen LogP) is 5.19. The number of nitrogens with zero attached hydrogens (tertiary/aromatic N) is 2. The van der Waals surface area contributed by atoms with Crippen LogP contribution in [0.25, 0.3) is 10.2 Å².